The maximum absolute atomic E-state index is 13.7. The highest BCUT2D eigenvalue weighted by Crippen LogP contribution is 2.36. The molecule has 1 fully saturated rings. The maximum Gasteiger partial charge on any atom is 0.573 e. The number of likely N-dealkylation sites (tertiary alicyclic amines) is 1. The summed E-state index contributed by atoms with van der Waals surface area (Å²) >= 11 is 0. The number of pyridine rings is 1. The number of alkyl halides is 6. The molecule has 0 amide bonds. The number of nitrogens with one attached hydrogen (secondary N) is 3. The molecule has 4 heterocycles. The third-order valence-corrected chi connectivity index (χ3v) is 6.87. The van der Waals surface area contributed by atoms with Gasteiger partial charge < -0.3 is 20.3 Å². The van der Waals surface area contributed by atoms with Crippen LogP contribution in [0, 0.1) is 0 Å². The van der Waals surface area contributed by atoms with E-state index in [4.69, 9.17) is 0 Å². The molecule has 39 heavy (non-hydrogen) atoms. The minimum atomic E-state index is -4.79. The van der Waals surface area contributed by atoms with Crippen molar-refractivity contribution in [3.8, 4) is 5.75 Å². The highest BCUT2D eigenvalue weighted by molar-refractivity contribution is 5.54. The van der Waals surface area contributed by atoms with E-state index >= 15 is 0 Å². The Bertz CT molecular complexity index is 1210. The van der Waals surface area contributed by atoms with E-state index in [9.17, 15) is 26.3 Å². The van der Waals surface area contributed by atoms with Crippen LogP contribution in [0.1, 0.15) is 31.2 Å². The van der Waals surface area contributed by atoms with Gasteiger partial charge in [-0.15, -0.1) is 13.2 Å². The first kappa shape index (κ1) is 27.1. The van der Waals surface area contributed by atoms with Crippen LogP contribution in [0.25, 0.3) is 0 Å². The van der Waals surface area contributed by atoms with Gasteiger partial charge in [0.1, 0.15) is 24.0 Å². The molecule has 0 aliphatic carbocycles. The molecule has 2 atom stereocenters. The lowest BCUT2D eigenvalue weighted by molar-refractivity contribution is -0.274. The summed E-state index contributed by atoms with van der Waals surface area (Å²) in [6.07, 6.45) is -1.68. The van der Waals surface area contributed by atoms with Crippen LogP contribution in [0.4, 0.5) is 37.8 Å². The highest BCUT2D eigenvalue weighted by Gasteiger charge is 2.37. The smallest absolute Gasteiger partial charge is 0.406 e. The Morgan fingerprint density at radius 3 is 2.38 bits per heavy atom. The third-order valence-electron chi connectivity index (χ3n) is 6.87. The lowest BCUT2D eigenvalue weighted by atomic mass is 10.0. The maximum atomic E-state index is 13.7. The minimum Gasteiger partial charge on any atom is -0.406 e. The number of allylic oxidation sites excluding steroid dienone is 1. The van der Waals surface area contributed by atoms with Crippen LogP contribution in [0.2, 0.25) is 0 Å². The van der Waals surface area contributed by atoms with E-state index in [1.54, 1.807) is 12.3 Å². The molecular weight excluding hydrogens is 526 g/mol. The monoisotopic (exact) mass is 554 g/mol. The number of nitrogens with zero attached hydrogens (tertiary/aromatic N) is 3. The topological polar surface area (TPSA) is 64.7 Å². The number of anilines is 2. The number of aromatic nitrogens is 1. The summed E-state index contributed by atoms with van der Waals surface area (Å²) in [4.78, 5) is 7.77. The van der Waals surface area contributed by atoms with Crippen LogP contribution in [-0.4, -0.2) is 48.3 Å². The van der Waals surface area contributed by atoms with Gasteiger partial charge in [0.25, 0.3) is 0 Å². The van der Waals surface area contributed by atoms with E-state index in [-0.39, 0.29) is 24.4 Å². The van der Waals surface area contributed by atoms with Gasteiger partial charge in [0.2, 0.25) is 0 Å². The third kappa shape index (κ3) is 6.59. The molecule has 0 bridgehead atoms. The zero-order chi connectivity index (χ0) is 27.6. The summed E-state index contributed by atoms with van der Waals surface area (Å²) in [5, 5.41) is 10.4. The predicted molar refractivity (Wildman–Crippen MR) is 133 cm³/mol. The van der Waals surface area contributed by atoms with Crippen molar-refractivity contribution in [2.24, 2.45) is 0 Å². The van der Waals surface area contributed by atoms with Gasteiger partial charge in [-0.3, -0.25) is 10.2 Å². The van der Waals surface area contributed by atoms with E-state index in [0.29, 0.717) is 12.1 Å². The molecule has 2 unspecified atom stereocenters. The summed E-state index contributed by atoms with van der Waals surface area (Å²) in [6, 6.07) is 7.70. The SMILES string of the molecule is FC(F)(F)Oc1ccc(NC2NC(N3CCCCC3)NC3=C2CCN(c2ncccc2C(F)(F)F)C=C3)cc1. The Labute approximate surface area is 221 Å². The van der Waals surface area contributed by atoms with E-state index in [1.165, 1.54) is 41.4 Å². The molecule has 2 aromatic rings. The molecule has 3 aliphatic heterocycles. The quantitative estimate of drug-likeness (QED) is 0.429. The fourth-order valence-corrected chi connectivity index (χ4v) is 5.05. The molecule has 7 nitrogen and oxygen atoms in total. The van der Waals surface area contributed by atoms with Gasteiger partial charge in [-0.25, -0.2) is 4.98 Å². The highest BCUT2D eigenvalue weighted by atomic mass is 19.4. The van der Waals surface area contributed by atoms with Crippen molar-refractivity contribution in [2.45, 2.75) is 50.7 Å². The van der Waals surface area contributed by atoms with Crippen molar-refractivity contribution < 1.29 is 31.1 Å². The lowest BCUT2D eigenvalue weighted by Crippen LogP contribution is -2.63. The number of piperidine rings is 1. The van der Waals surface area contributed by atoms with Gasteiger partial charge in [-0.2, -0.15) is 13.2 Å². The second kappa shape index (κ2) is 11.0. The fourth-order valence-electron chi connectivity index (χ4n) is 5.05. The molecule has 0 saturated carbocycles. The number of ether oxygens (including phenoxy) is 1. The Hall–Kier alpha value is -3.45. The number of halogens is 6. The van der Waals surface area contributed by atoms with Crippen molar-refractivity contribution in [3.63, 3.8) is 0 Å². The predicted octanol–water partition coefficient (Wildman–Crippen LogP) is 5.38. The molecule has 3 N–H and O–H groups in total. The van der Waals surface area contributed by atoms with Crippen LogP contribution >= 0.6 is 0 Å². The molecule has 0 spiro atoms. The second-order valence-corrected chi connectivity index (χ2v) is 9.53. The standard InChI is InChI=1S/C26H28F6N6O/c27-25(28,29)20-5-4-12-33-23(20)37-15-10-19-21(11-16-37)35-24(38-13-2-1-3-14-38)36-22(19)34-17-6-8-18(9-7-17)39-26(30,31)32/h4-9,11-12,16,22,24,34-36H,1-3,10,13-15H2. The molecule has 210 valence electrons. The molecule has 1 saturated heterocycles. The Morgan fingerprint density at radius 2 is 1.69 bits per heavy atom. The first-order valence-electron chi connectivity index (χ1n) is 12.7. The first-order chi connectivity index (χ1) is 18.6. The number of benzene rings is 1. The lowest BCUT2D eigenvalue weighted by Gasteiger charge is -2.43. The Balaban J connectivity index is 1.40. The van der Waals surface area contributed by atoms with Crippen LogP contribution in [0.15, 0.2) is 66.1 Å². The number of hydrogen-bond acceptors (Lipinski definition) is 7. The van der Waals surface area contributed by atoms with E-state index in [0.717, 1.165) is 49.7 Å². The first-order valence-corrected chi connectivity index (χ1v) is 12.7. The molecule has 5 rings (SSSR count). The van der Waals surface area contributed by atoms with Crippen molar-refractivity contribution in [1.82, 2.24) is 20.5 Å². The van der Waals surface area contributed by atoms with Gasteiger partial charge in [0.05, 0.1) is 5.56 Å². The largest absolute Gasteiger partial charge is 0.573 e. The van der Waals surface area contributed by atoms with Crippen molar-refractivity contribution in [1.29, 1.82) is 0 Å². The van der Waals surface area contributed by atoms with Crippen LogP contribution in [0.5, 0.6) is 5.75 Å². The van der Waals surface area contributed by atoms with Gasteiger partial charge in [0.15, 0.2) is 0 Å². The molecule has 1 aromatic carbocycles. The Kier molecular flexibility index (Phi) is 7.63. The van der Waals surface area contributed by atoms with Crippen molar-refractivity contribution >= 4 is 11.5 Å². The number of rotatable bonds is 5. The summed E-state index contributed by atoms with van der Waals surface area (Å²) < 4.78 is 82.7. The van der Waals surface area contributed by atoms with Crippen LogP contribution in [0.3, 0.4) is 0 Å². The van der Waals surface area contributed by atoms with Gasteiger partial charge in [-0.05, 0) is 67.3 Å². The normalized spacial score (nSPS) is 22.7. The van der Waals surface area contributed by atoms with E-state index in [1.807, 2.05) is 0 Å². The van der Waals surface area contributed by atoms with Gasteiger partial charge in [0, 0.05) is 43.4 Å². The minimum absolute atomic E-state index is 0.175. The zero-order valence-electron chi connectivity index (χ0n) is 20.8. The molecular formula is C26H28F6N6O. The van der Waals surface area contributed by atoms with E-state index in [2.05, 4.69) is 30.6 Å². The van der Waals surface area contributed by atoms with Crippen molar-refractivity contribution in [2.75, 3.05) is 29.9 Å². The van der Waals surface area contributed by atoms with Crippen LogP contribution in [-0.2, 0) is 6.18 Å². The van der Waals surface area contributed by atoms with E-state index < -0.39 is 24.3 Å². The van der Waals surface area contributed by atoms with Crippen LogP contribution < -0.4 is 25.6 Å². The molecule has 0 radical (unpaired) electrons. The summed E-state index contributed by atoms with van der Waals surface area (Å²) in [5.74, 6) is -0.507. The molecule has 3 aliphatic rings. The molecule has 1 aromatic heterocycles. The zero-order valence-corrected chi connectivity index (χ0v) is 20.8. The van der Waals surface area contributed by atoms with Crippen molar-refractivity contribution in [3.05, 3.63) is 71.7 Å². The fraction of sp³-hybridized carbons (Fsp3) is 0.423. The average Bonchev–Trinajstić information content (AvgIpc) is 3.12. The Morgan fingerprint density at radius 1 is 0.949 bits per heavy atom. The average molecular weight is 555 g/mol. The summed E-state index contributed by atoms with van der Waals surface area (Å²) in [7, 11) is 0. The summed E-state index contributed by atoms with van der Waals surface area (Å²) in [5.41, 5.74) is 1.39. The summed E-state index contributed by atoms with van der Waals surface area (Å²) in [6.45, 7) is 1.99. The second-order valence-electron chi connectivity index (χ2n) is 9.53. The number of hydrogen-bond donors (Lipinski definition) is 3. The molecule has 13 heteroatoms. The van der Waals surface area contributed by atoms with Gasteiger partial charge >= 0.3 is 12.5 Å². The van der Waals surface area contributed by atoms with Gasteiger partial charge in [-0.1, -0.05) is 6.42 Å².